The molecule has 0 aliphatic heterocycles. The summed E-state index contributed by atoms with van der Waals surface area (Å²) in [5.41, 5.74) is 0. The zero-order valence-electron chi connectivity index (χ0n) is 10.4. The van der Waals surface area contributed by atoms with Crippen molar-refractivity contribution in [1.29, 1.82) is 0 Å². The van der Waals surface area contributed by atoms with Crippen LogP contribution in [-0.4, -0.2) is 13.2 Å². The molecule has 0 aromatic carbocycles. The molecule has 0 aromatic heterocycles. The molecule has 0 N–H and O–H groups in total. The Kier molecular flexibility index (Phi) is 9.60. The van der Waals surface area contributed by atoms with E-state index in [4.69, 9.17) is 4.74 Å². The van der Waals surface area contributed by atoms with E-state index in [1.54, 1.807) is 0 Å². The molecule has 2 atom stereocenters. The standard InChI is InChI=1S/C14H26O/c1-5-7-9-13(3)11-15-12-14(4)10-8-6-2/h5-6,13-14H,1-2,7-12H2,3-4H3. The van der Waals surface area contributed by atoms with Gasteiger partial charge in [-0.25, -0.2) is 0 Å². The first-order chi connectivity index (χ1) is 7.20. The highest BCUT2D eigenvalue weighted by Crippen LogP contribution is 2.10. The van der Waals surface area contributed by atoms with Crippen molar-refractivity contribution in [2.24, 2.45) is 11.8 Å². The van der Waals surface area contributed by atoms with Crippen LogP contribution in [0.3, 0.4) is 0 Å². The fraction of sp³-hybridized carbons (Fsp3) is 0.714. The van der Waals surface area contributed by atoms with Gasteiger partial charge in [0.1, 0.15) is 0 Å². The van der Waals surface area contributed by atoms with Crippen molar-refractivity contribution in [1.82, 2.24) is 0 Å². The van der Waals surface area contributed by atoms with Crippen molar-refractivity contribution in [3.8, 4) is 0 Å². The van der Waals surface area contributed by atoms with Crippen LogP contribution in [0.1, 0.15) is 39.5 Å². The van der Waals surface area contributed by atoms with Gasteiger partial charge in [0.2, 0.25) is 0 Å². The Hall–Kier alpha value is -0.560. The third kappa shape index (κ3) is 9.74. The van der Waals surface area contributed by atoms with Crippen LogP contribution in [0, 0.1) is 11.8 Å². The molecule has 0 saturated heterocycles. The van der Waals surface area contributed by atoms with Crippen molar-refractivity contribution in [2.45, 2.75) is 39.5 Å². The molecule has 0 aromatic rings. The minimum Gasteiger partial charge on any atom is -0.381 e. The summed E-state index contributed by atoms with van der Waals surface area (Å²) in [6.07, 6.45) is 8.51. The maximum absolute atomic E-state index is 5.68. The van der Waals surface area contributed by atoms with E-state index in [0.717, 1.165) is 26.1 Å². The monoisotopic (exact) mass is 210 g/mol. The van der Waals surface area contributed by atoms with Gasteiger partial charge in [-0.1, -0.05) is 26.0 Å². The molecule has 0 saturated carbocycles. The molecule has 0 radical (unpaired) electrons. The molecule has 0 rings (SSSR count). The summed E-state index contributed by atoms with van der Waals surface area (Å²) in [5.74, 6) is 1.30. The zero-order chi connectivity index (χ0) is 11.5. The number of rotatable bonds is 10. The molecule has 2 unspecified atom stereocenters. The molecule has 0 aliphatic carbocycles. The van der Waals surface area contributed by atoms with E-state index >= 15 is 0 Å². The van der Waals surface area contributed by atoms with Crippen molar-refractivity contribution in [2.75, 3.05) is 13.2 Å². The summed E-state index contributed by atoms with van der Waals surface area (Å²) in [4.78, 5) is 0. The van der Waals surface area contributed by atoms with Gasteiger partial charge in [-0.05, 0) is 37.5 Å². The lowest BCUT2D eigenvalue weighted by Gasteiger charge is -2.14. The minimum absolute atomic E-state index is 0.648. The second kappa shape index (κ2) is 9.97. The van der Waals surface area contributed by atoms with Crippen LogP contribution in [0.25, 0.3) is 0 Å². The van der Waals surface area contributed by atoms with E-state index < -0.39 is 0 Å². The van der Waals surface area contributed by atoms with Gasteiger partial charge in [0.25, 0.3) is 0 Å². The average Bonchev–Trinajstić information content (AvgIpc) is 2.23. The van der Waals surface area contributed by atoms with Crippen molar-refractivity contribution < 1.29 is 4.74 Å². The lowest BCUT2D eigenvalue weighted by Crippen LogP contribution is -2.11. The SMILES string of the molecule is C=CCCC(C)COCC(C)CCC=C. The van der Waals surface area contributed by atoms with Crippen LogP contribution in [0.2, 0.25) is 0 Å². The molecular formula is C14H26O. The van der Waals surface area contributed by atoms with E-state index in [0.29, 0.717) is 11.8 Å². The van der Waals surface area contributed by atoms with Crippen LogP contribution < -0.4 is 0 Å². The second-order valence-corrected chi connectivity index (χ2v) is 4.48. The summed E-state index contributed by atoms with van der Waals surface area (Å²) in [6, 6.07) is 0. The molecular weight excluding hydrogens is 184 g/mol. The first-order valence-electron chi connectivity index (χ1n) is 6.00. The molecule has 0 spiro atoms. The van der Waals surface area contributed by atoms with Crippen LogP contribution >= 0.6 is 0 Å². The second-order valence-electron chi connectivity index (χ2n) is 4.48. The smallest absolute Gasteiger partial charge is 0.0491 e. The van der Waals surface area contributed by atoms with E-state index in [9.17, 15) is 0 Å². The summed E-state index contributed by atoms with van der Waals surface area (Å²) in [6.45, 7) is 13.7. The predicted octanol–water partition coefficient (Wildman–Crippen LogP) is 4.21. The summed E-state index contributed by atoms with van der Waals surface area (Å²) < 4.78 is 5.68. The quantitative estimate of drug-likeness (QED) is 0.491. The number of hydrogen-bond acceptors (Lipinski definition) is 1. The van der Waals surface area contributed by atoms with Crippen molar-refractivity contribution in [3.05, 3.63) is 25.3 Å². The van der Waals surface area contributed by atoms with Crippen LogP contribution in [0.4, 0.5) is 0 Å². The van der Waals surface area contributed by atoms with Gasteiger partial charge >= 0.3 is 0 Å². The van der Waals surface area contributed by atoms with Gasteiger partial charge < -0.3 is 4.74 Å². The minimum atomic E-state index is 0.648. The van der Waals surface area contributed by atoms with Gasteiger partial charge in [-0.2, -0.15) is 0 Å². The van der Waals surface area contributed by atoms with Crippen molar-refractivity contribution >= 4 is 0 Å². The molecule has 0 amide bonds. The normalized spacial score (nSPS) is 14.5. The van der Waals surface area contributed by atoms with Gasteiger partial charge in [0, 0.05) is 13.2 Å². The predicted molar refractivity (Wildman–Crippen MR) is 68.0 cm³/mol. The largest absolute Gasteiger partial charge is 0.381 e. The summed E-state index contributed by atoms with van der Waals surface area (Å²) >= 11 is 0. The molecule has 0 aliphatic rings. The Morgan fingerprint density at radius 1 is 0.933 bits per heavy atom. The Morgan fingerprint density at radius 3 is 1.67 bits per heavy atom. The van der Waals surface area contributed by atoms with Gasteiger partial charge in [0.15, 0.2) is 0 Å². The molecule has 1 nitrogen and oxygen atoms in total. The number of ether oxygens (including phenoxy) is 1. The van der Waals surface area contributed by atoms with E-state index in [1.165, 1.54) is 12.8 Å². The first kappa shape index (κ1) is 14.4. The van der Waals surface area contributed by atoms with E-state index in [1.807, 2.05) is 12.2 Å². The fourth-order valence-corrected chi connectivity index (χ4v) is 1.44. The Bertz CT molecular complexity index is 145. The van der Waals surface area contributed by atoms with Gasteiger partial charge in [-0.15, -0.1) is 13.2 Å². The third-order valence-electron chi connectivity index (χ3n) is 2.53. The molecule has 1 heteroatoms. The van der Waals surface area contributed by atoms with E-state index in [2.05, 4.69) is 27.0 Å². The van der Waals surface area contributed by atoms with E-state index in [-0.39, 0.29) is 0 Å². The lowest BCUT2D eigenvalue weighted by atomic mass is 10.1. The van der Waals surface area contributed by atoms with Crippen LogP contribution in [-0.2, 0) is 4.74 Å². The molecule has 0 bridgehead atoms. The highest BCUT2D eigenvalue weighted by Gasteiger charge is 2.04. The third-order valence-corrected chi connectivity index (χ3v) is 2.53. The van der Waals surface area contributed by atoms with Crippen LogP contribution in [0.15, 0.2) is 25.3 Å². The fourth-order valence-electron chi connectivity index (χ4n) is 1.44. The summed E-state index contributed by atoms with van der Waals surface area (Å²) in [5, 5.41) is 0. The Labute approximate surface area is 95.2 Å². The molecule has 0 fully saturated rings. The van der Waals surface area contributed by atoms with Gasteiger partial charge in [-0.3, -0.25) is 0 Å². The number of hydrogen-bond donors (Lipinski definition) is 0. The number of allylic oxidation sites excluding steroid dienone is 2. The molecule has 88 valence electrons. The highest BCUT2D eigenvalue weighted by molar-refractivity contribution is 4.69. The zero-order valence-corrected chi connectivity index (χ0v) is 10.4. The lowest BCUT2D eigenvalue weighted by molar-refractivity contribution is 0.0760. The maximum Gasteiger partial charge on any atom is 0.0491 e. The summed E-state index contributed by atoms with van der Waals surface area (Å²) in [7, 11) is 0. The highest BCUT2D eigenvalue weighted by atomic mass is 16.5. The first-order valence-corrected chi connectivity index (χ1v) is 6.00. The average molecular weight is 210 g/mol. The molecule has 15 heavy (non-hydrogen) atoms. The maximum atomic E-state index is 5.68. The molecule has 0 heterocycles. The van der Waals surface area contributed by atoms with Crippen molar-refractivity contribution in [3.63, 3.8) is 0 Å². The van der Waals surface area contributed by atoms with Gasteiger partial charge in [0.05, 0.1) is 0 Å². The Balaban J connectivity index is 3.34. The van der Waals surface area contributed by atoms with Crippen LogP contribution in [0.5, 0.6) is 0 Å². The Morgan fingerprint density at radius 2 is 1.33 bits per heavy atom. The topological polar surface area (TPSA) is 9.23 Å².